The first kappa shape index (κ1) is 53.7. The van der Waals surface area contributed by atoms with Gasteiger partial charge >= 0.3 is 0 Å². The van der Waals surface area contributed by atoms with Crippen LogP contribution in [0.4, 0.5) is 0 Å². The van der Waals surface area contributed by atoms with Gasteiger partial charge in [-0.15, -0.1) is 45.3 Å². The maximum Gasteiger partial charge on any atom is 0.113 e. The highest BCUT2D eigenvalue weighted by Gasteiger charge is 2.48. The summed E-state index contributed by atoms with van der Waals surface area (Å²) in [5.41, 5.74) is 16.1. The predicted molar refractivity (Wildman–Crippen MR) is 322 cm³/mol. The third-order valence-electron chi connectivity index (χ3n) is 16.7. The molecule has 8 aromatic rings. The van der Waals surface area contributed by atoms with Crippen molar-refractivity contribution < 1.29 is 0 Å². The number of benzene rings is 2. The maximum absolute atomic E-state index is 4.75. The lowest BCUT2D eigenvalue weighted by Gasteiger charge is -2.37. The normalized spacial score (nSPS) is 16.2. The highest BCUT2D eigenvalue weighted by molar-refractivity contribution is 7.25. The van der Waals surface area contributed by atoms with Crippen LogP contribution in [0, 0.1) is 39.5 Å². The molecule has 10 rings (SSSR count). The number of nitrogens with zero attached hydrogens (tertiary/aromatic N) is 4. The van der Waals surface area contributed by atoms with E-state index in [1.54, 1.807) is 36.9 Å². The van der Waals surface area contributed by atoms with Crippen molar-refractivity contribution in [2.45, 2.75) is 208 Å². The molecule has 2 atom stereocenters. The van der Waals surface area contributed by atoms with Gasteiger partial charge in [0.05, 0.1) is 23.5 Å². The fourth-order valence-corrected chi connectivity index (χ4v) is 19.0. The first-order valence-corrected chi connectivity index (χ1v) is 32.7. The van der Waals surface area contributed by atoms with Crippen LogP contribution in [0.2, 0.25) is 0 Å². The first-order chi connectivity index (χ1) is 35.0. The molecule has 2 aromatic carbocycles. The Labute approximate surface area is 457 Å². The molecule has 0 radical (unpaired) electrons. The van der Waals surface area contributed by atoms with Gasteiger partial charge in [-0.05, 0) is 123 Å². The lowest BCUT2D eigenvalue weighted by molar-refractivity contribution is 0.266. The molecule has 0 spiro atoms. The summed E-state index contributed by atoms with van der Waals surface area (Å²) < 4.78 is 18.7. The van der Waals surface area contributed by atoms with Crippen molar-refractivity contribution in [2.24, 2.45) is 11.8 Å². The molecule has 0 amide bonds. The molecule has 6 heterocycles. The number of aryl methyl sites for hydroxylation is 4. The van der Waals surface area contributed by atoms with Crippen molar-refractivity contribution in [3.05, 3.63) is 91.7 Å². The fourth-order valence-electron chi connectivity index (χ4n) is 12.6. The molecule has 2 aliphatic carbocycles. The van der Waals surface area contributed by atoms with E-state index in [0.29, 0.717) is 0 Å². The van der Waals surface area contributed by atoms with Crippen LogP contribution in [0.1, 0.15) is 213 Å². The molecule has 0 N–H and O–H groups in total. The van der Waals surface area contributed by atoms with Crippen LogP contribution in [0.3, 0.4) is 0 Å². The van der Waals surface area contributed by atoms with Crippen LogP contribution in [0.5, 0.6) is 0 Å². The topological polar surface area (TPSA) is 51.6 Å². The lowest BCUT2D eigenvalue weighted by Crippen LogP contribution is -2.31. The van der Waals surface area contributed by atoms with Gasteiger partial charge in [-0.25, -0.2) is 0 Å². The Morgan fingerprint density at radius 3 is 1.24 bits per heavy atom. The van der Waals surface area contributed by atoms with E-state index in [2.05, 4.69) is 127 Å². The van der Waals surface area contributed by atoms with Gasteiger partial charge in [0.1, 0.15) is 22.1 Å². The summed E-state index contributed by atoms with van der Waals surface area (Å²) in [6.45, 7) is 23.1. The van der Waals surface area contributed by atoms with Crippen molar-refractivity contribution >= 4 is 90.9 Å². The third-order valence-corrected chi connectivity index (χ3v) is 22.5. The zero-order valence-corrected chi connectivity index (χ0v) is 50.1. The number of fused-ring (bicyclic) bond motifs is 8. The van der Waals surface area contributed by atoms with E-state index >= 15 is 0 Å². The van der Waals surface area contributed by atoms with Gasteiger partial charge in [-0.3, -0.25) is 0 Å². The molecule has 4 nitrogen and oxygen atoms in total. The SMILES string of the molecule is CCCCC(CC)CC1(CC(CC)CCCC)c2cc(C)sc2-c2sc(-c3ccc(C)c4nsnc34)cc21.CCCCCCC1(CCCCCC)c2cc(C)sc2-c2sc(-c3ccc(C)c4nsnc34)cc21. The number of rotatable bonds is 24. The molecule has 10 heteroatoms. The molecule has 0 saturated heterocycles. The van der Waals surface area contributed by atoms with E-state index < -0.39 is 0 Å². The average Bonchev–Trinajstić information content (AvgIpc) is 4.26. The van der Waals surface area contributed by atoms with Crippen LogP contribution in [0.25, 0.3) is 62.5 Å². The van der Waals surface area contributed by atoms with Gasteiger partial charge in [-0.2, -0.15) is 17.5 Å². The minimum Gasteiger partial charge on any atom is -0.173 e. The summed E-state index contributed by atoms with van der Waals surface area (Å²) >= 11 is 10.7. The van der Waals surface area contributed by atoms with E-state index in [1.807, 2.05) is 45.3 Å². The van der Waals surface area contributed by atoms with Crippen molar-refractivity contribution in [2.75, 3.05) is 0 Å². The number of thiophene rings is 4. The highest BCUT2D eigenvalue weighted by atomic mass is 32.1. The van der Waals surface area contributed by atoms with Gasteiger partial charge in [0.2, 0.25) is 0 Å². The molecule has 6 aromatic heterocycles. The summed E-state index contributed by atoms with van der Waals surface area (Å²) in [5, 5.41) is 0. The fraction of sp³-hybridized carbons (Fsp3) is 0.548. The van der Waals surface area contributed by atoms with Gasteiger partial charge in [0, 0.05) is 61.0 Å². The summed E-state index contributed by atoms with van der Waals surface area (Å²) in [4.78, 5) is 11.8. The number of hydrogen-bond acceptors (Lipinski definition) is 10. The Kier molecular flexibility index (Phi) is 17.8. The van der Waals surface area contributed by atoms with Crippen molar-refractivity contribution in [3.63, 3.8) is 0 Å². The van der Waals surface area contributed by atoms with E-state index in [4.69, 9.17) is 8.75 Å². The minimum absolute atomic E-state index is 0.136. The lowest BCUT2D eigenvalue weighted by atomic mass is 9.65. The first-order valence-electron chi connectivity index (χ1n) is 28.0. The quantitative estimate of drug-likeness (QED) is 0.0566. The largest absolute Gasteiger partial charge is 0.173 e. The smallest absolute Gasteiger partial charge is 0.113 e. The van der Waals surface area contributed by atoms with Crippen molar-refractivity contribution in [1.29, 1.82) is 0 Å². The Balaban J connectivity index is 0.000000179. The monoisotopic (exact) mass is 1070 g/mol. The molecule has 384 valence electrons. The second-order valence-corrected chi connectivity index (χ2v) is 27.4. The zero-order chi connectivity index (χ0) is 50.6. The molecular formula is C62H80N4S6. The molecule has 0 bridgehead atoms. The molecule has 2 unspecified atom stereocenters. The second-order valence-electron chi connectivity index (χ2n) is 21.7. The van der Waals surface area contributed by atoms with E-state index in [0.717, 1.165) is 33.9 Å². The van der Waals surface area contributed by atoms with Gasteiger partial charge in [-0.1, -0.05) is 169 Å². The van der Waals surface area contributed by atoms with Crippen LogP contribution in [0.15, 0.2) is 48.5 Å². The summed E-state index contributed by atoms with van der Waals surface area (Å²) in [6.07, 6.45) is 26.3. The Bertz CT molecular complexity index is 3030. The molecule has 2 aliphatic rings. The number of aromatic nitrogens is 4. The third kappa shape index (κ3) is 10.4. The molecular weight excluding hydrogens is 993 g/mol. The van der Waals surface area contributed by atoms with Crippen LogP contribution < -0.4 is 0 Å². The summed E-state index contributed by atoms with van der Waals surface area (Å²) in [5.74, 6) is 1.55. The standard InChI is InChI=1S/C33H44N2S3.C29H36N2S3/c1-7-11-13-23(9-3)19-33(20-24(10-4)14-12-8-2)26-17-22(6)36-31(26)32-27(33)18-28(37-32)25-16-15-21(5)29-30(25)35-38-34-29;1-5-7-9-11-15-29(16-12-10-8-6-2)22-17-20(4)32-27(22)28-23(29)18-24(33-28)21-14-13-19(3)25-26(21)31-34-30-25/h15-18,23-24H,7-14,19-20H2,1-6H3;13-14,17-18H,5-12,15-16H2,1-4H3. The summed E-state index contributed by atoms with van der Waals surface area (Å²) in [6, 6.07) is 19.2. The molecule has 0 saturated carbocycles. The van der Waals surface area contributed by atoms with E-state index in [-0.39, 0.29) is 10.8 Å². The highest BCUT2D eigenvalue weighted by Crippen LogP contribution is 2.63. The Morgan fingerprint density at radius 1 is 0.417 bits per heavy atom. The van der Waals surface area contributed by atoms with Crippen LogP contribution >= 0.6 is 68.8 Å². The maximum atomic E-state index is 4.75. The Morgan fingerprint density at radius 2 is 0.806 bits per heavy atom. The molecule has 0 fully saturated rings. The van der Waals surface area contributed by atoms with Crippen LogP contribution in [-0.4, -0.2) is 17.5 Å². The van der Waals surface area contributed by atoms with Crippen LogP contribution in [-0.2, 0) is 10.8 Å². The van der Waals surface area contributed by atoms with Crippen molar-refractivity contribution in [1.82, 2.24) is 17.5 Å². The zero-order valence-electron chi connectivity index (χ0n) is 45.2. The van der Waals surface area contributed by atoms with Gasteiger partial charge in [0.25, 0.3) is 0 Å². The van der Waals surface area contributed by atoms with E-state index in [9.17, 15) is 0 Å². The van der Waals surface area contributed by atoms with Gasteiger partial charge in [0.15, 0.2) is 0 Å². The molecule has 72 heavy (non-hydrogen) atoms. The molecule has 0 aliphatic heterocycles. The van der Waals surface area contributed by atoms with Crippen molar-refractivity contribution in [3.8, 4) is 40.4 Å². The van der Waals surface area contributed by atoms with E-state index in [1.165, 1.54) is 199 Å². The average molecular weight is 1070 g/mol. The summed E-state index contributed by atoms with van der Waals surface area (Å²) in [7, 11) is 0. The van der Waals surface area contributed by atoms with Gasteiger partial charge < -0.3 is 0 Å². The second kappa shape index (κ2) is 23.8. The Hall–Kier alpha value is -3.12. The number of hydrogen-bond donors (Lipinski definition) is 0. The number of unbranched alkanes of at least 4 members (excludes halogenated alkanes) is 8. The minimum atomic E-state index is 0.136. The predicted octanol–water partition coefficient (Wildman–Crippen LogP) is 21.9.